The van der Waals surface area contributed by atoms with Crippen LogP contribution in [0.15, 0.2) is 21.9 Å². The van der Waals surface area contributed by atoms with E-state index in [-0.39, 0.29) is 64.0 Å². The van der Waals surface area contributed by atoms with Gasteiger partial charge in [0.2, 0.25) is 22.6 Å². The highest BCUT2D eigenvalue weighted by molar-refractivity contribution is 6.30. The van der Waals surface area contributed by atoms with E-state index in [1.807, 2.05) is 17.6 Å². The van der Waals surface area contributed by atoms with Gasteiger partial charge in [-0.3, -0.25) is 19.2 Å². The summed E-state index contributed by atoms with van der Waals surface area (Å²) < 4.78 is 12.7. The van der Waals surface area contributed by atoms with Crippen molar-refractivity contribution in [2.45, 2.75) is 88.9 Å². The Morgan fingerprint density at radius 1 is 1.10 bits per heavy atom. The molecule has 0 unspecified atom stereocenters. The molecule has 0 radical (unpaired) electrons. The molecule has 2 atom stereocenters. The van der Waals surface area contributed by atoms with Crippen LogP contribution >= 0.6 is 11.6 Å². The Kier molecular flexibility index (Phi) is 7.26. The predicted octanol–water partition coefficient (Wildman–Crippen LogP) is 2.71. The fourth-order valence-electron chi connectivity index (χ4n) is 9.64. The van der Waals surface area contributed by atoms with Crippen LogP contribution in [0, 0.1) is 11.3 Å². The molecular weight excluding hydrogens is 664 g/mol. The number of pyridine rings is 2. The quantitative estimate of drug-likeness (QED) is 0.342. The Morgan fingerprint density at radius 3 is 2.54 bits per heavy atom. The van der Waals surface area contributed by atoms with E-state index in [0.717, 1.165) is 43.0 Å². The van der Waals surface area contributed by atoms with Crippen LogP contribution in [-0.2, 0) is 22.5 Å². The smallest absolute Gasteiger partial charge is 0.263 e. The highest BCUT2D eigenvalue weighted by atomic mass is 35.5. The molecule has 2 amide bonds. The van der Waals surface area contributed by atoms with Gasteiger partial charge in [-0.1, -0.05) is 18.5 Å². The number of carbonyl (C=O) groups is 2. The first-order chi connectivity index (χ1) is 24.2. The van der Waals surface area contributed by atoms with E-state index >= 15 is 0 Å². The standard InChI is InChI=1S/C35H41ClN8O6/c1-3-22-28(41-10-11-42(24-7-6-23(24)41)33(48)26-29(46)21(36)14-37-32(26)49-2)30(47)27-31(40-44(39-27)20-8-12-50-13-9-20)43(22)15-25(45)38-35-16-34(17-35,18-35)19-4-5-19/h8,14,19,23-24H,3-7,9-13,15-18H2,1-2H3,(H,37,46)(H,38,45)/t23-,24-,34?,35?/m0/s1. The number of hydrogen-bond donors (Lipinski definition) is 2. The van der Waals surface area contributed by atoms with Gasteiger partial charge in [0, 0.05) is 43.0 Å². The summed E-state index contributed by atoms with van der Waals surface area (Å²) in [5.74, 6) is 0.358. The minimum atomic E-state index is -0.588. The first kappa shape index (κ1) is 31.8. The summed E-state index contributed by atoms with van der Waals surface area (Å²) in [5.41, 5.74) is 2.05. The average molecular weight is 705 g/mol. The van der Waals surface area contributed by atoms with Crippen LogP contribution in [0.4, 0.5) is 5.69 Å². The maximum Gasteiger partial charge on any atom is 0.263 e. The molecule has 5 aliphatic carbocycles. The van der Waals surface area contributed by atoms with E-state index < -0.39 is 11.3 Å². The normalized spacial score (nSPS) is 28.3. The van der Waals surface area contributed by atoms with Crippen LogP contribution in [0.3, 0.4) is 0 Å². The molecule has 0 spiro atoms. The van der Waals surface area contributed by atoms with Crippen molar-refractivity contribution in [3.8, 4) is 5.88 Å². The highest BCUT2D eigenvalue weighted by Gasteiger charge is 2.72. The molecule has 2 aliphatic heterocycles. The van der Waals surface area contributed by atoms with Crippen molar-refractivity contribution in [2.75, 3.05) is 38.3 Å². The molecule has 3 aromatic rings. The largest absolute Gasteiger partial charge is 0.482 e. The van der Waals surface area contributed by atoms with Gasteiger partial charge in [-0.05, 0) is 68.8 Å². The number of hydrogen-bond acceptors (Lipinski definition) is 9. The van der Waals surface area contributed by atoms with E-state index in [1.54, 1.807) is 4.90 Å². The summed E-state index contributed by atoms with van der Waals surface area (Å²) in [4.78, 5) is 63.4. The number of H-pyrrole nitrogens is 1. The average Bonchev–Trinajstić information content (AvgIpc) is 3.81. The summed E-state index contributed by atoms with van der Waals surface area (Å²) in [6.45, 7) is 3.62. The number of nitrogens with one attached hydrogen (secondary N) is 2. The molecule has 264 valence electrons. The molecule has 1 saturated heterocycles. The van der Waals surface area contributed by atoms with Gasteiger partial charge in [0.15, 0.2) is 11.2 Å². The van der Waals surface area contributed by atoms with Gasteiger partial charge < -0.3 is 34.1 Å². The molecule has 3 aromatic heterocycles. The Hall–Kier alpha value is -4.17. The number of methoxy groups -OCH3 is 1. The Balaban J connectivity index is 1.07. The SMILES string of the molecule is CCc1c(N2CCN(C(=O)c3c(OC)[nH]cc(Cl)c3=O)[C@H]3CC[C@@H]32)c(=O)c2nn(C3=CCOCC3)nc2n1CC(=O)NC12CC(C3CC3)(C1)C2. The lowest BCUT2D eigenvalue weighted by Crippen LogP contribution is -2.75. The maximum atomic E-state index is 14.5. The van der Waals surface area contributed by atoms with E-state index in [9.17, 15) is 19.2 Å². The minimum absolute atomic E-state index is 0.0237. The zero-order chi connectivity index (χ0) is 34.5. The number of aromatic amines is 1. The number of carbonyl (C=O) groups excluding carboxylic acids is 2. The molecule has 7 aliphatic rings. The number of anilines is 1. The van der Waals surface area contributed by atoms with Crippen LogP contribution in [0.1, 0.15) is 74.3 Å². The summed E-state index contributed by atoms with van der Waals surface area (Å²) in [6, 6.07) is -0.399. The second-order valence-corrected chi connectivity index (χ2v) is 15.4. The lowest BCUT2D eigenvalue weighted by Gasteiger charge is -2.71. The monoisotopic (exact) mass is 704 g/mol. The Labute approximate surface area is 292 Å². The number of ether oxygens (including phenoxy) is 2. The number of aromatic nitrogens is 5. The number of fused-ring (bicyclic) bond motifs is 2. The molecule has 5 heterocycles. The molecule has 14 nitrogen and oxygen atoms in total. The van der Waals surface area contributed by atoms with Crippen molar-refractivity contribution in [3.05, 3.63) is 49.0 Å². The molecule has 50 heavy (non-hydrogen) atoms. The van der Waals surface area contributed by atoms with E-state index in [4.69, 9.17) is 31.3 Å². The molecule has 5 saturated carbocycles. The number of amides is 2. The fourth-order valence-corrected chi connectivity index (χ4v) is 9.79. The van der Waals surface area contributed by atoms with Gasteiger partial charge in [-0.2, -0.15) is 4.80 Å². The van der Waals surface area contributed by atoms with Gasteiger partial charge in [0.1, 0.15) is 22.8 Å². The summed E-state index contributed by atoms with van der Waals surface area (Å²) >= 11 is 6.11. The van der Waals surface area contributed by atoms with Crippen molar-refractivity contribution >= 4 is 46.0 Å². The number of halogens is 1. The molecule has 10 rings (SSSR count). The predicted molar refractivity (Wildman–Crippen MR) is 185 cm³/mol. The van der Waals surface area contributed by atoms with Crippen molar-refractivity contribution in [1.82, 2.24) is 34.8 Å². The molecular formula is C35H41ClN8O6. The van der Waals surface area contributed by atoms with E-state index in [1.165, 1.54) is 30.9 Å². The zero-order valence-corrected chi connectivity index (χ0v) is 29.1. The lowest BCUT2D eigenvalue weighted by molar-refractivity contribution is -0.176. The third kappa shape index (κ3) is 4.70. The van der Waals surface area contributed by atoms with Crippen LogP contribution < -0.4 is 25.8 Å². The second-order valence-electron chi connectivity index (χ2n) is 15.0. The van der Waals surface area contributed by atoms with Gasteiger partial charge >= 0.3 is 0 Å². The first-order valence-electron chi connectivity index (χ1n) is 17.8. The van der Waals surface area contributed by atoms with Crippen molar-refractivity contribution in [3.63, 3.8) is 0 Å². The number of piperazine rings is 1. The van der Waals surface area contributed by atoms with Crippen LogP contribution in [0.25, 0.3) is 16.9 Å². The third-order valence-corrected chi connectivity index (χ3v) is 12.5. The third-order valence-electron chi connectivity index (χ3n) is 12.2. The van der Waals surface area contributed by atoms with Crippen molar-refractivity contribution in [2.24, 2.45) is 11.3 Å². The van der Waals surface area contributed by atoms with Gasteiger partial charge in [0.05, 0.1) is 32.1 Å². The van der Waals surface area contributed by atoms with Crippen molar-refractivity contribution < 1.29 is 19.1 Å². The van der Waals surface area contributed by atoms with Crippen LogP contribution in [0.2, 0.25) is 5.02 Å². The molecule has 2 N–H and O–H groups in total. The topological polar surface area (TPSA) is 157 Å². The highest BCUT2D eigenvalue weighted by Crippen LogP contribution is 2.75. The Bertz CT molecular complexity index is 2080. The second kappa shape index (κ2) is 11.4. The number of rotatable bonds is 9. The molecule has 0 aromatic carbocycles. The van der Waals surface area contributed by atoms with Crippen molar-refractivity contribution in [1.29, 1.82) is 0 Å². The molecule has 2 bridgehead atoms. The lowest BCUT2D eigenvalue weighted by atomic mass is 9.37. The molecule has 6 fully saturated rings. The van der Waals surface area contributed by atoms with E-state index in [2.05, 4.69) is 15.2 Å². The van der Waals surface area contributed by atoms with Gasteiger partial charge in [0.25, 0.3) is 5.91 Å². The summed E-state index contributed by atoms with van der Waals surface area (Å²) in [5, 5.41) is 12.8. The van der Waals surface area contributed by atoms with Gasteiger partial charge in [-0.15, -0.1) is 10.2 Å². The maximum absolute atomic E-state index is 14.5. The van der Waals surface area contributed by atoms with E-state index in [0.29, 0.717) is 55.8 Å². The Morgan fingerprint density at radius 2 is 1.88 bits per heavy atom. The zero-order valence-electron chi connectivity index (χ0n) is 28.3. The fraction of sp³-hybridized carbons (Fsp3) is 0.600. The van der Waals surface area contributed by atoms with Crippen LogP contribution in [-0.4, -0.2) is 92.3 Å². The van der Waals surface area contributed by atoms with Gasteiger partial charge in [-0.25, -0.2) is 0 Å². The number of nitrogens with zero attached hydrogens (tertiary/aromatic N) is 6. The van der Waals surface area contributed by atoms with Crippen LogP contribution in [0.5, 0.6) is 5.88 Å². The summed E-state index contributed by atoms with van der Waals surface area (Å²) in [7, 11) is 1.39. The molecule has 15 heteroatoms. The summed E-state index contributed by atoms with van der Waals surface area (Å²) in [6.07, 6.45) is 11.6. The minimum Gasteiger partial charge on any atom is -0.482 e. The first-order valence-corrected chi connectivity index (χ1v) is 18.2.